The highest BCUT2D eigenvalue weighted by Crippen LogP contribution is 2.37. The maximum absolute atomic E-state index is 12.8. The van der Waals surface area contributed by atoms with Crippen molar-refractivity contribution >= 4 is 39.9 Å². The number of anilines is 1. The number of ketones is 1. The SMILES string of the molecule is COc1ccc(C(=O)C(C)Sc2nnc(N(C(C)=O)C3CC3)s2)c(OC)c1. The van der Waals surface area contributed by atoms with Gasteiger partial charge in [-0.25, -0.2) is 0 Å². The van der Waals surface area contributed by atoms with Gasteiger partial charge in [-0.05, 0) is 31.9 Å². The predicted octanol–water partition coefficient (Wildman–Crippen LogP) is 3.43. The average Bonchev–Trinajstić information content (AvgIpc) is 3.39. The highest BCUT2D eigenvalue weighted by atomic mass is 32.2. The molecule has 0 radical (unpaired) electrons. The Morgan fingerprint density at radius 3 is 2.59 bits per heavy atom. The molecule has 1 aliphatic rings. The van der Waals surface area contributed by atoms with E-state index >= 15 is 0 Å². The van der Waals surface area contributed by atoms with Crippen LogP contribution in [0.1, 0.15) is 37.0 Å². The molecule has 27 heavy (non-hydrogen) atoms. The number of aromatic nitrogens is 2. The van der Waals surface area contributed by atoms with Crippen LogP contribution in [0, 0.1) is 0 Å². The van der Waals surface area contributed by atoms with Crippen molar-refractivity contribution in [2.45, 2.75) is 42.3 Å². The van der Waals surface area contributed by atoms with Gasteiger partial charge >= 0.3 is 0 Å². The minimum absolute atomic E-state index is 0.0303. The zero-order valence-electron chi connectivity index (χ0n) is 15.6. The summed E-state index contributed by atoms with van der Waals surface area (Å²) >= 11 is 2.67. The van der Waals surface area contributed by atoms with Gasteiger partial charge in [-0.3, -0.25) is 14.5 Å². The van der Waals surface area contributed by atoms with E-state index in [9.17, 15) is 9.59 Å². The largest absolute Gasteiger partial charge is 0.497 e. The van der Waals surface area contributed by atoms with E-state index in [1.54, 1.807) is 30.2 Å². The smallest absolute Gasteiger partial charge is 0.225 e. The van der Waals surface area contributed by atoms with Crippen LogP contribution in [0.3, 0.4) is 0 Å². The number of ether oxygens (including phenoxy) is 2. The molecule has 0 N–H and O–H groups in total. The lowest BCUT2D eigenvalue weighted by molar-refractivity contribution is -0.116. The highest BCUT2D eigenvalue weighted by molar-refractivity contribution is 8.02. The van der Waals surface area contributed by atoms with Crippen LogP contribution in [0.5, 0.6) is 11.5 Å². The summed E-state index contributed by atoms with van der Waals surface area (Å²) in [5, 5.41) is 8.51. The van der Waals surface area contributed by atoms with E-state index in [2.05, 4.69) is 10.2 Å². The Labute approximate surface area is 166 Å². The van der Waals surface area contributed by atoms with Crippen LogP contribution in [0.15, 0.2) is 22.5 Å². The Hall–Kier alpha value is -2.13. The minimum atomic E-state index is -0.375. The molecule has 1 saturated carbocycles. The average molecular weight is 408 g/mol. The number of amides is 1. The van der Waals surface area contributed by atoms with E-state index in [0.29, 0.717) is 26.5 Å². The lowest BCUT2D eigenvalue weighted by Crippen LogP contribution is -2.30. The number of hydrogen-bond acceptors (Lipinski definition) is 8. The van der Waals surface area contributed by atoms with E-state index in [-0.39, 0.29) is 23.0 Å². The second kappa shape index (κ2) is 8.26. The summed E-state index contributed by atoms with van der Waals surface area (Å²) in [6.45, 7) is 3.36. The number of nitrogens with zero attached hydrogens (tertiary/aromatic N) is 3. The van der Waals surface area contributed by atoms with Crippen molar-refractivity contribution in [2.24, 2.45) is 0 Å². The fourth-order valence-corrected chi connectivity index (χ4v) is 4.82. The third kappa shape index (κ3) is 4.41. The Morgan fingerprint density at radius 2 is 2.00 bits per heavy atom. The number of thioether (sulfide) groups is 1. The zero-order valence-corrected chi connectivity index (χ0v) is 17.2. The van der Waals surface area contributed by atoms with Crippen LogP contribution in [0.4, 0.5) is 5.13 Å². The summed E-state index contributed by atoms with van der Waals surface area (Å²) in [7, 11) is 3.09. The standard InChI is InChI=1S/C18H21N3O4S2/c1-10(16(23)14-8-7-13(24-3)9-15(14)25-4)26-18-20-19-17(27-18)21(11(2)22)12-5-6-12/h7-10,12H,5-6H2,1-4H3. The normalized spacial score (nSPS) is 14.5. The van der Waals surface area contributed by atoms with Crippen LogP contribution < -0.4 is 14.4 Å². The van der Waals surface area contributed by atoms with Gasteiger partial charge in [0.1, 0.15) is 11.5 Å². The summed E-state index contributed by atoms with van der Waals surface area (Å²) in [5.41, 5.74) is 0.492. The third-order valence-electron chi connectivity index (χ3n) is 4.17. The van der Waals surface area contributed by atoms with Crippen LogP contribution in [0.2, 0.25) is 0 Å². The van der Waals surface area contributed by atoms with Crippen LogP contribution in [0.25, 0.3) is 0 Å². The van der Waals surface area contributed by atoms with Crippen LogP contribution in [-0.2, 0) is 4.79 Å². The molecule has 1 heterocycles. The maximum atomic E-state index is 12.8. The van der Waals surface area contributed by atoms with Gasteiger partial charge < -0.3 is 9.47 Å². The number of hydrogen-bond donors (Lipinski definition) is 0. The molecule has 1 amide bonds. The molecule has 7 nitrogen and oxygen atoms in total. The number of Topliss-reactive ketones (excluding diaryl/α,β-unsaturated/α-hetero) is 1. The lowest BCUT2D eigenvalue weighted by Gasteiger charge is -2.15. The van der Waals surface area contributed by atoms with Gasteiger partial charge in [-0.1, -0.05) is 23.1 Å². The third-order valence-corrected chi connectivity index (χ3v) is 6.28. The molecule has 144 valence electrons. The fraction of sp³-hybridized carbons (Fsp3) is 0.444. The van der Waals surface area contributed by atoms with Crippen molar-refractivity contribution in [3.05, 3.63) is 23.8 Å². The van der Waals surface area contributed by atoms with E-state index in [4.69, 9.17) is 9.47 Å². The first-order valence-electron chi connectivity index (χ1n) is 8.50. The number of carbonyl (C=O) groups is 2. The molecule has 0 bridgehead atoms. The van der Waals surface area contributed by atoms with Gasteiger partial charge in [-0.2, -0.15) is 0 Å². The minimum Gasteiger partial charge on any atom is -0.497 e. The van der Waals surface area contributed by atoms with Crippen molar-refractivity contribution in [1.82, 2.24) is 10.2 Å². The van der Waals surface area contributed by atoms with E-state index < -0.39 is 0 Å². The molecule has 0 saturated heterocycles. The van der Waals surface area contributed by atoms with Crippen molar-refractivity contribution < 1.29 is 19.1 Å². The van der Waals surface area contributed by atoms with Crippen molar-refractivity contribution in [1.29, 1.82) is 0 Å². The number of carbonyl (C=O) groups excluding carboxylic acids is 2. The van der Waals surface area contributed by atoms with E-state index in [1.807, 2.05) is 6.92 Å². The fourth-order valence-electron chi connectivity index (χ4n) is 2.65. The van der Waals surface area contributed by atoms with Gasteiger partial charge in [-0.15, -0.1) is 10.2 Å². The summed E-state index contributed by atoms with van der Waals surface area (Å²) < 4.78 is 11.2. The monoisotopic (exact) mass is 407 g/mol. The zero-order chi connectivity index (χ0) is 19.6. The van der Waals surface area contributed by atoms with Crippen molar-refractivity contribution in [3.8, 4) is 11.5 Å². The maximum Gasteiger partial charge on any atom is 0.225 e. The van der Waals surface area contributed by atoms with E-state index in [0.717, 1.165) is 12.8 Å². The van der Waals surface area contributed by atoms with Crippen molar-refractivity contribution in [3.63, 3.8) is 0 Å². The Bertz CT molecular complexity index is 851. The molecule has 3 rings (SSSR count). The van der Waals surface area contributed by atoms with Gasteiger partial charge in [0.05, 0.1) is 25.0 Å². The van der Waals surface area contributed by atoms with Crippen molar-refractivity contribution in [2.75, 3.05) is 19.1 Å². The van der Waals surface area contributed by atoms with Gasteiger partial charge in [0, 0.05) is 19.0 Å². The molecule has 2 aromatic rings. The Morgan fingerprint density at radius 1 is 1.26 bits per heavy atom. The Balaban J connectivity index is 1.73. The van der Waals surface area contributed by atoms with Crippen LogP contribution in [-0.4, -0.2) is 47.4 Å². The molecule has 9 heteroatoms. The lowest BCUT2D eigenvalue weighted by atomic mass is 10.1. The molecular weight excluding hydrogens is 386 g/mol. The molecule has 1 fully saturated rings. The predicted molar refractivity (Wildman–Crippen MR) is 105 cm³/mol. The molecule has 0 spiro atoms. The number of methoxy groups -OCH3 is 2. The first-order valence-corrected chi connectivity index (χ1v) is 10.2. The topological polar surface area (TPSA) is 81.6 Å². The molecule has 1 aromatic heterocycles. The molecule has 1 atom stereocenters. The Kier molecular flexibility index (Phi) is 6.01. The van der Waals surface area contributed by atoms with E-state index in [1.165, 1.54) is 37.1 Å². The second-order valence-electron chi connectivity index (χ2n) is 6.16. The van der Waals surface area contributed by atoms with Crippen LogP contribution >= 0.6 is 23.1 Å². The molecule has 1 aliphatic carbocycles. The second-order valence-corrected chi connectivity index (χ2v) is 8.71. The van der Waals surface area contributed by atoms with Gasteiger partial charge in [0.15, 0.2) is 10.1 Å². The van der Waals surface area contributed by atoms with Gasteiger partial charge in [0.25, 0.3) is 0 Å². The summed E-state index contributed by atoms with van der Waals surface area (Å²) in [6, 6.07) is 5.36. The molecular formula is C18H21N3O4S2. The number of benzene rings is 1. The quantitative estimate of drug-likeness (QED) is 0.377. The van der Waals surface area contributed by atoms with Gasteiger partial charge in [0.2, 0.25) is 11.0 Å². The summed E-state index contributed by atoms with van der Waals surface area (Å²) in [6.07, 6.45) is 1.99. The first-order chi connectivity index (χ1) is 12.9. The highest BCUT2D eigenvalue weighted by Gasteiger charge is 2.34. The molecule has 0 aliphatic heterocycles. The summed E-state index contributed by atoms with van der Waals surface area (Å²) in [4.78, 5) is 26.4. The molecule has 1 aromatic carbocycles. The first kappa shape index (κ1) is 19.6. The molecule has 1 unspecified atom stereocenters. The summed E-state index contributed by atoms with van der Waals surface area (Å²) in [5.74, 6) is 1.00. The number of rotatable bonds is 8.